The molecular formula is C20H26N4O4. The fourth-order valence-electron chi connectivity index (χ4n) is 3.15. The van der Waals surface area contributed by atoms with Crippen molar-refractivity contribution in [3.63, 3.8) is 0 Å². The SMILES string of the molecule is COCCNC(=O)c1cc2n(n1)CCN(C(=O)CCc1ccc(OC)cc1)C2. The number of carbonyl (C=O) groups excluding carboxylic acids is 2. The minimum atomic E-state index is -0.226. The van der Waals surface area contributed by atoms with Crippen LogP contribution >= 0.6 is 0 Å². The van der Waals surface area contributed by atoms with Gasteiger partial charge in [-0.25, -0.2) is 0 Å². The summed E-state index contributed by atoms with van der Waals surface area (Å²) in [6.07, 6.45) is 1.14. The lowest BCUT2D eigenvalue weighted by Crippen LogP contribution is -2.38. The lowest BCUT2D eigenvalue weighted by molar-refractivity contribution is -0.132. The van der Waals surface area contributed by atoms with Crippen LogP contribution in [0.25, 0.3) is 0 Å². The van der Waals surface area contributed by atoms with E-state index in [1.165, 1.54) is 0 Å². The van der Waals surface area contributed by atoms with Gasteiger partial charge < -0.3 is 19.7 Å². The van der Waals surface area contributed by atoms with Gasteiger partial charge >= 0.3 is 0 Å². The number of benzene rings is 1. The highest BCUT2D eigenvalue weighted by Crippen LogP contribution is 2.17. The van der Waals surface area contributed by atoms with Gasteiger partial charge in [0, 0.05) is 26.6 Å². The summed E-state index contributed by atoms with van der Waals surface area (Å²) in [5.74, 6) is 0.687. The number of amides is 2. The van der Waals surface area contributed by atoms with E-state index < -0.39 is 0 Å². The fourth-order valence-corrected chi connectivity index (χ4v) is 3.15. The molecule has 0 unspecified atom stereocenters. The summed E-state index contributed by atoms with van der Waals surface area (Å²) in [5.41, 5.74) is 2.35. The smallest absolute Gasteiger partial charge is 0.271 e. The van der Waals surface area contributed by atoms with Gasteiger partial charge in [-0.2, -0.15) is 5.10 Å². The van der Waals surface area contributed by atoms with Crippen LogP contribution in [-0.4, -0.2) is 60.4 Å². The third-order valence-electron chi connectivity index (χ3n) is 4.76. The molecule has 1 aliphatic heterocycles. The van der Waals surface area contributed by atoms with Crippen molar-refractivity contribution in [2.45, 2.75) is 25.9 Å². The molecule has 0 aliphatic carbocycles. The number of aromatic nitrogens is 2. The zero-order chi connectivity index (χ0) is 19.9. The van der Waals surface area contributed by atoms with Crippen LogP contribution in [0, 0.1) is 0 Å². The number of carbonyl (C=O) groups is 2. The Morgan fingerprint density at radius 3 is 2.68 bits per heavy atom. The number of methoxy groups -OCH3 is 2. The maximum absolute atomic E-state index is 12.6. The van der Waals surface area contributed by atoms with Gasteiger partial charge in [-0.3, -0.25) is 14.3 Å². The van der Waals surface area contributed by atoms with Gasteiger partial charge in [-0.15, -0.1) is 0 Å². The largest absolute Gasteiger partial charge is 0.497 e. The quantitative estimate of drug-likeness (QED) is 0.690. The van der Waals surface area contributed by atoms with E-state index in [-0.39, 0.29) is 11.8 Å². The second kappa shape index (κ2) is 9.36. The van der Waals surface area contributed by atoms with E-state index >= 15 is 0 Å². The van der Waals surface area contributed by atoms with E-state index in [1.54, 1.807) is 25.0 Å². The third kappa shape index (κ3) is 4.89. The predicted octanol–water partition coefficient (Wildman–Crippen LogP) is 1.24. The van der Waals surface area contributed by atoms with E-state index in [4.69, 9.17) is 9.47 Å². The maximum atomic E-state index is 12.6. The van der Waals surface area contributed by atoms with Gasteiger partial charge in [0.2, 0.25) is 5.91 Å². The summed E-state index contributed by atoms with van der Waals surface area (Å²) >= 11 is 0. The molecule has 0 fully saturated rings. The molecule has 2 amide bonds. The van der Waals surface area contributed by atoms with Gasteiger partial charge in [0.15, 0.2) is 5.69 Å². The third-order valence-corrected chi connectivity index (χ3v) is 4.76. The van der Waals surface area contributed by atoms with Crippen molar-refractivity contribution in [3.05, 3.63) is 47.3 Å². The molecule has 0 radical (unpaired) electrons. The Hall–Kier alpha value is -2.87. The highest BCUT2D eigenvalue weighted by molar-refractivity contribution is 5.92. The number of aryl methyl sites for hydroxylation is 1. The average molecular weight is 386 g/mol. The molecule has 0 spiro atoms. The molecule has 1 aliphatic rings. The molecule has 0 atom stereocenters. The van der Waals surface area contributed by atoms with Crippen LogP contribution in [0.15, 0.2) is 30.3 Å². The number of fused-ring (bicyclic) bond motifs is 1. The van der Waals surface area contributed by atoms with Crippen LogP contribution in [0.2, 0.25) is 0 Å². The molecule has 0 saturated carbocycles. The minimum absolute atomic E-state index is 0.106. The van der Waals surface area contributed by atoms with Crippen LogP contribution in [0.5, 0.6) is 5.75 Å². The first-order valence-corrected chi connectivity index (χ1v) is 9.35. The summed E-state index contributed by atoms with van der Waals surface area (Å²) in [5, 5.41) is 7.11. The monoisotopic (exact) mass is 386 g/mol. The molecule has 0 bridgehead atoms. The van der Waals surface area contributed by atoms with Crippen molar-refractivity contribution in [1.82, 2.24) is 20.0 Å². The molecule has 1 aromatic heterocycles. The number of nitrogens with zero attached hydrogens (tertiary/aromatic N) is 3. The first kappa shape index (κ1) is 19.9. The second-order valence-electron chi connectivity index (χ2n) is 6.66. The fraction of sp³-hybridized carbons (Fsp3) is 0.450. The average Bonchev–Trinajstić information content (AvgIpc) is 3.16. The highest BCUT2D eigenvalue weighted by Gasteiger charge is 2.23. The Bertz CT molecular complexity index is 816. The number of hydrogen-bond donors (Lipinski definition) is 1. The molecule has 1 aromatic carbocycles. The Kier molecular flexibility index (Phi) is 6.65. The van der Waals surface area contributed by atoms with Crippen LogP contribution in [0.1, 0.15) is 28.2 Å². The summed E-state index contributed by atoms with van der Waals surface area (Å²) in [6, 6.07) is 9.51. The lowest BCUT2D eigenvalue weighted by Gasteiger charge is -2.27. The molecule has 2 heterocycles. The van der Waals surface area contributed by atoms with Gasteiger partial charge in [-0.1, -0.05) is 12.1 Å². The Balaban J connectivity index is 1.53. The van der Waals surface area contributed by atoms with Crippen molar-refractivity contribution in [2.75, 3.05) is 33.9 Å². The Labute approximate surface area is 164 Å². The normalized spacial score (nSPS) is 13.1. The van der Waals surface area contributed by atoms with Crippen molar-refractivity contribution in [1.29, 1.82) is 0 Å². The molecule has 2 aromatic rings. The van der Waals surface area contributed by atoms with Crippen molar-refractivity contribution in [2.24, 2.45) is 0 Å². The number of ether oxygens (including phenoxy) is 2. The maximum Gasteiger partial charge on any atom is 0.271 e. The topological polar surface area (TPSA) is 85.7 Å². The molecule has 0 saturated heterocycles. The number of nitrogens with one attached hydrogen (secondary N) is 1. The van der Waals surface area contributed by atoms with E-state index in [0.717, 1.165) is 17.0 Å². The Morgan fingerprint density at radius 1 is 1.18 bits per heavy atom. The zero-order valence-electron chi connectivity index (χ0n) is 16.3. The number of rotatable bonds is 8. The predicted molar refractivity (Wildman–Crippen MR) is 103 cm³/mol. The molecule has 3 rings (SSSR count). The molecular weight excluding hydrogens is 360 g/mol. The van der Waals surface area contributed by atoms with Crippen molar-refractivity contribution < 1.29 is 19.1 Å². The van der Waals surface area contributed by atoms with E-state index in [1.807, 2.05) is 29.2 Å². The minimum Gasteiger partial charge on any atom is -0.497 e. The van der Waals surface area contributed by atoms with Crippen LogP contribution in [0.3, 0.4) is 0 Å². The molecule has 8 nitrogen and oxygen atoms in total. The van der Waals surface area contributed by atoms with Crippen LogP contribution < -0.4 is 10.1 Å². The van der Waals surface area contributed by atoms with Crippen LogP contribution in [-0.2, 0) is 29.0 Å². The van der Waals surface area contributed by atoms with E-state index in [9.17, 15) is 9.59 Å². The Morgan fingerprint density at radius 2 is 1.96 bits per heavy atom. The first-order chi connectivity index (χ1) is 13.6. The first-order valence-electron chi connectivity index (χ1n) is 9.35. The summed E-state index contributed by atoms with van der Waals surface area (Å²) in [6.45, 7) is 2.55. The molecule has 8 heteroatoms. The van der Waals surface area contributed by atoms with Crippen molar-refractivity contribution >= 4 is 11.8 Å². The molecule has 28 heavy (non-hydrogen) atoms. The molecule has 1 N–H and O–H groups in total. The van der Waals surface area contributed by atoms with E-state index in [0.29, 0.717) is 51.3 Å². The zero-order valence-corrected chi connectivity index (χ0v) is 16.3. The van der Waals surface area contributed by atoms with Crippen molar-refractivity contribution in [3.8, 4) is 5.75 Å². The van der Waals surface area contributed by atoms with Gasteiger partial charge in [0.25, 0.3) is 5.91 Å². The molecule has 150 valence electrons. The summed E-state index contributed by atoms with van der Waals surface area (Å²) in [7, 11) is 3.22. The van der Waals surface area contributed by atoms with E-state index in [2.05, 4.69) is 10.4 Å². The standard InChI is InChI=1S/C20H26N4O4/c1-27-12-9-21-20(26)18-13-16-14-23(10-11-24(16)22-18)19(25)8-5-15-3-6-17(28-2)7-4-15/h3-4,6-7,13H,5,8-12,14H2,1-2H3,(H,21,26). The van der Waals surface area contributed by atoms with Gasteiger partial charge in [0.1, 0.15) is 5.75 Å². The van der Waals surface area contributed by atoms with Crippen LogP contribution in [0.4, 0.5) is 0 Å². The summed E-state index contributed by atoms with van der Waals surface area (Å²) < 4.78 is 11.9. The second-order valence-corrected chi connectivity index (χ2v) is 6.66. The lowest BCUT2D eigenvalue weighted by atomic mass is 10.1. The number of hydrogen-bond acceptors (Lipinski definition) is 5. The van der Waals surface area contributed by atoms with Gasteiger partial charge in [-0.05, 0) is 30.2 Å². The summed E-state index contributed by atoms with van der Waals surface area (Å²) in [4.78, 5) is 26.6. The highest BCUT2D eigenvalue weighted by atomic mass is 16.5. The van der Waals surface area contributed by atoms with Gasteiger partial charge in [0.05, 0.1) is 32.5 Å².